The maximum Gasteiger partial charge on any atom is 0.410 e. The largest absolute Gasteiger partial charge is 0.446 e. The second-order valence-electron chi connectivity index (χ2n) is 8.83. The number of nitrogens with one attached hydrogen (secondary N) is 1. The Morgan fingerprint density at radius 3 is 2.47 bits per heavy atom. The maximum absolute atomic E-state index is 12.5. The molecule has 0 atom stereocenters. The number of primary amides is 1. The molecule has 180 valence electrons. The molecule has 12 heteroatoms. The number of nitrogens with two attached hydrogens (primary N) is 1. The van der Waals surface area contributed by atoms with Crippen LogP contribution in [0.2, 0.25) is 0 Å². The highest BCUT2D eigenvalue weighted by Gasteiger charge is 2.49. The molecule has 1 saturated carbocycles. The molecule has 2 fully saturated rings. The van der Waals surface area contributed by atoms with Crippen molar-refractivity contribution in [3.63, 3.8) is 0 Å². The molecule has 1 aliphatic carbocycles. The molecule has 0 radical (unpaired) electrons. The number of amides is 2. The Morgan fingerprint density at radius 1 is 1.26 bits per heavy atom. The van der Waals surface area contributed by atoms with Gasteiger partial charge in [0.25, 0.3) is 5.91 Å². The van der Waals surface area contributed by atoms with Gasteiger partial charge in [0.05, 0.1) is 30.5 Å². The number of benzene rings is 1. The molecule has 1 aliphatic heterocycles. The van der Waals surface area contributed by atoms with Gasteiger partial charge in [0.15, 0.2) is 15.7 Å². The fraction of sp³-hybridized carbons (Fsp3) is 0.455. The molecular weight excluding hydrogens is 460 g/mol. The zero-order valence-corrected chi connectivity index (χ0v) is 19.5. The third-order valence-electron chi connectivity index (χ3n) is 6.22. The summed E-state index contributed by atoms with van der Waals surface area (Å²) in [5, 5.41) is 16.9. The predicted molar refractivity (Wildman–Crippen MR) is 122 cm³/mol. The van der Waals surface area contributed by atoms with Crippen molar-refractivity contribution in [2.45, 2.75) is 48.6 Å². The summed E-state index contributed by atoms with van der Waals surface area (Å²) in [7, 11) is -3.35. The quantitative estimate of drug-likeness (QED) is 0.602. The number of rotatable bonds is 7. The van der Waals surface area contributed by atoms with E-state index in [1.165, 1.54) is 27.9 Å². The number of hydrogen-bond acceptors (Lipinski definition) is 8. The van der Waals surface area contributed by atoms with Gasteiger partial charge in [-0.25, -0.2) is 13.2 Å². The molecule has 1 saturated heterocycles. The van der Waals surface area contributed by atoms with E-state index >= 15 is 0 Å². The third kappa shape index (κ3) is 4.70. The standard InChI is InChI=1S/C22H26N6O5S/c1-34(31,32)17-8-6-15(7-9-17)25-20-18(19(24)29)12-28(26-20)22(10-11-23)13-27(14-22)21(30)33-16-4-2-3-5-16/h6-9,12,16H,2-5,10,13-14H2,1H3,(H2,24,29)(H,25,26). The van der Waals surface area contributed by atoms with Crippen molar-refractivity contribution in [1.82, 2.24) is 14.7 Å². The fourth-order valence-corrected chi connectivity index (χ4v) is 4.94. The minimum Gasteiger partial charge on any atom is -0.446 e. The summed E-state index contributed by atoms with van der Waals surface area (Å²) < 4.78 is 30.4. The number of likely N-dealkylation sites (tertiary alicyclic amines) is 1. The molecule has 1 aromatic carbocycles. The van der Waals surface area contributed by atoms with Crippen molar-refractivity contribution in [3.05, 3.63) is 36.0 Å². The highest BCUT2D eigenvalue weighted by atomic mass is 32.2. The first-order chi connectivity index (χ1) is 16.1. The minimum atomic E-state index is -3.35. The van der Waals surface area contributed by atoms with E-state index in [0.29, 0.717) is 5.69 Å². The summed E-state index contributed by atoms with van der Waals surface area (Å²) in [6.07, 6.45) is 6.01. The average molecular weight is 487 g/mol. The molecule has 2 aliphatic rings. The first kappa shape index (κ1) is 23.6. The van der Waals surface area contributed by atoms with Crippen molar-refractivity contribution in [2.75, 3.05) is 24.7 Å². The number of aromatic nitrogens is 2. The monoisotopic (exact) mass is 486 g/mol. The molecule has 34 heavy (non-hydrogen) atoms. The molecule has 1 aromatic heterocycles. The lowest BCUT2D eigenvalue weighted by Gasteiger charge is -2.48. The van der Waals surface area contributed by atoms with Crippen LogP contribution in [0.15, 0.2) is 35.4 Å². The first-order valence-corrected chi connectivity index (χ1v) is 12.8. The highest BCUT2D eigenvalue weighted by molar-refractivity contribution is 7.90. The predicted octanol–water partition coefficient (Wildman–Crippen LogP) is 2.13. The van der Waals surface area contributed by atoms with E-state index in [-0.39, 0.29) is 41.9 Å². The summed E-state index contributed by atoms with van der Waals surface area (Å²) in [5.74, 6) is -0.547. The number of carbonyl (C=O) groups excluding carboxylic acids is 2. The number of anilines is 2. The van der Waals surface area contributed by atoms with Crippen LogP contribution in [0.5, 0.6) is 0 Å². The molecule has 0 spiro atoms. The van der Waals surface area contributed by atoms with Gasteiger partial charge in [-0.15, -0.1) is 0 Å². The van der Waals surface area contributed by atoms with Gasteiger partial charge in [-0.3, -0.25) is 9.48 Å². The van der Waals surface area contributed by atoms with Crippen LogP contribution in [0.1, 0.15) is 42.5 Å². The Balaban J connectivity index is 1.53. The molecule has 2 amide bonds. The van der Waals surface area contributed by atoms with Gasteiger partial charge in [0, 0.05) is 18.1 Å². The van der Waals surface area contributed by atoms with E-state index in [9.17, 15) is 23.3 Å². The van der Waals surface area contributed by atoms with Crippen molar-refractivity contribution in [2.24, 2.45) is 5.73 Å². The maximum atomic E-state index is 12.5. The van der Waals surface area contributed by atoms with Crippen LogP contribution >= 0.6 is 0 Å². The van der Waals surface area contributed by atoms with E-state index in [4.69, 9.17) is 10.5 Å². The number of nitriles is 1. The van der Waals surface area contributed by atoms with Crippen LogP contribution in [0.25, 0.3) is 0 Å². The summed E-state index contributed by atoms with van der Waals surface area (Å²) in [6, 6.07) is 8.12. The number of ether oxygens (including phenoxy) is 1. The van der Waals surface area contributed by atoms with Crippen LogP contribution in [-0.4, -0.2) is 60.5 Å². The number of sulfone groups is 1. The molecule has 4 rings (SSSR count). The topological polar surface area (TPSA) is 160 Å². The SMILES string of the molecule is CS(=O)(=O)c1ccc(Nc2nn(C3(CC#N)CN(C(=O)OC4CCCC4)C3)cc2C(N)=O)cc1. The van der Waals surface area contributed by atoms with Crippen molar-refractivity contribution in [3.8, 4) is 6.07 Å². The van der Waals surface area contributed by atoms with Crippen LogP contribution in [0, 0.1) is 11.3 Å². The molecule has 0 bridgehead atoms. The highest BCUT2D eigenvalue weighted by Crippen LogP contribution is 2.35. The van der Waals surface area contributed by atoms with Crippen molar-refractivity contribution in [1.29, 1.82) is 5.26 Å². The Labute approximate surface area is 197 Å². The van der Waals surface area contributed by atoms with Crippen molar-refractivity contribution >= 4 is 33.3 Å². The summed E-state index contributed by atoms with van der Waals surface area (Å²) in [6.45, 7) is 0.434. The normalized spacial score (nSPS) is 17.6. The van der Waals surface area contributed by atoms with Gasteiger partial charge >= 0.3 is 6.09 Å². The Hall–Kier alpha value is -3.59. The van der Waals surface area contributed by atoms with Gasteiger partial charge in [-0.1, -0.05) is 0 Å². The Kier molecular flexibility index (Phi) is 6.22. The lowest BCUT2D eigenvalue weighted by atomic mass is 9.87. The zero-order valence-electron chi connectivity index (χ0n) is 18.7. The summed E-state index contributed by atoms with van der Waals surface area (Å²) in [4.78, 5) is 26.2. The number of nitrogens with zero attached hydrogens (tertiary/aromatic N) is 4. The van der Waals surface area contributed by atoms with E-state index in [1.54, 1.807) is 12.1 Å². The molecule has 0 unspecified atom stereocenters. The molecule has 2 heterocycles. The smallest absolute Gasteiger partial charge is 0.410 e. The van der Waals surface area contributed by atoms with Gasteiger partial charge in [-0.05, 0) is 49.9 Å². The van der Waals surface area contributed by atoms with Gasteiger partial charge in [0.2, 0.25) is 0 Å². The summed E-state index contributed by atoms with van der Waals surface area (Å²) >= 11 is 0. The van der Waals surface area contributed by atoms with Crippen LogP contribution < -0.4 is 11.1 Å². The van der Waals surface area contributed by atoms with E-state index in [2.05, 4.69) is 16.5 Å². The van der Waals surface area contributed by atoms with Gasteiger partial charge < -0.3 is 20.7 Å². The van der Waals surface area contributed by atoms with E-state index in [0.717, 1.165) is 31.9 Å². The molecule has 3 N–H and O–H groups in total. The first-order valence-electron chi connectivity index (χ1n) is 10.9. The molecule has 11 nitrogen and oxygen atoms in total. The summed E-state index contributed by atoms with van der Waals surface area (Å²) in [5.41, 5.74) is 5.35. The average Bonchev–Trinajstić information content (AvgIpc) is 3.40. The second-order valence-corrected chi connectivity index (χ2v) is 10.8. The number of hydrogen-bond donors (Lipinski definition) is 2. The Morgan fingerprint density at radius 2 is 1.91 bits per heavy atom. The molecule has 2 aromatic rings. The van der Waals surface area contributed by atoms with E-state index in [1.807, 2.05) is 0 Å². The minimum absolute atomic E-state index is 0.0606. The second kappa shape index (κ2) is 8.98. The lowest BCUT2D eigenvalue weighted by Crippen LogP contribution is -2.64. The van der Waals surface area contributed by atoms with Crippen molar-refractivity contribution < 1.29 is 22.7 Å². The van der Waals surface area contributed by atoms with E-state index < -0.39 is 27.4 Å². The zero-order chi connectivity index (χ0) is 24.5. The van der Waals surface area contributed by atoms with Crippen LogP contribution in [0.3, 0.4) is 0 Å². The Bertz CT molecular complexity index is 1240. The fourth-order valence-electron chi connectivity index (χ4n) is 4.31. The third-order valence-corrected chi connectivity index (χ3v) is 7.35. The molecular formula is C22H26N6O5S. The van der Waals surface area contributed by atoms with Crippen LogP contribution in [0.4, 0.5) is 16.3 Å². The van der Waals surface area contributed by atoms with Gasteiger partial charge in [-0.2, -0.15) is 10.4 Å². The van der Waals surface area contributed by atoms with Crippen LogP contribution in [-0.2, 0) is 20.1 Å². The lowest BCUT2D eigenvalue weighted by molar-refractivity contribution is -0.0133. The van der Waals surface area contributed by atoms with Gasteiger partial charge in [0.1, 0.15) is 17.2 Å². The number of carbonyl (C=O) groups is 2.